The average molecular weight is 614 g/mol. The van der Waals surface area contributed by atoms with E-state index in [1.807, 2.05) is 78.9 Å². The highest BCUT2D eigenvalue weighted by atomic mass is 16.5. The smallest absolute Gasteiger partial charge is 0.253 e. The van der Waals surface area contributed by atoms with Crippen LogP contribution in [0.4, 0.5) is 11.4 Å². The fraction of sp³-hybridized carbons (Fsp3) is 0.282. The second kappa shape index (κ2) is 12.6. The lowest BCUT2D eigenvalue weighted by molar-refractivity contribution is 0.0105. The third-order valence-electron chi connectivity index (χ3n) is 10.1. The number of hydrogen-bond acceptors (Lipinski definition) is 7. The predicted molar refractivity (Wildman–Crippen MR) is 184 cm³/mol. The third-order valence-corrected chi connectivity index (χ3v) is 10.1. The second-order valence-corrected chi connectivity index (χ2v) is 12.6. The summed E-state index contributed by atoms with van der Waals surface area (Å²) in [6.07, 6.45) is 3.19. The Hall–Kier alpha value is -4.72. The number of anilines is 2. The zero-order valence-electron chi connectivity index (χ0n) is 25.9. The first-order chi connectivity index (χ1) is 22.5. The van der Waals surface area contributed by atoms with Gasteiger partial charge in [-0.1, -0.05) is 91.0 Å². The minimum atomic E-state index is -0.960. The molecular formula is C39H39N3O4. The molecule has 5 aromatic carbocycles. The Labute approximate surface area is 268 Å². The summed E-state index contributed by atoms with van der Waals surface area (Å²) in [4.78, 5) is 29.2. The standard InChI is InChI=1S/C39H39N3O4/c1-3-24-23-42-20-19-28(24)21-32(42)34(30-16-10-15-25-17-18-29(46-2)22-31(25)30)41-36-35(38(44)39(36)45)40-33(26-11-6-4-7-12-26)37(43)27-13-8-5-9-14-27/h3-18,22,24,28,32-34,37,40-41,43H,1,19-21,23H2,2H3/t24?,28?,32?,33-,34+,37+/m1/s1. The number of benzene rings is 4. The number of fused-ring (bicyclic) bond motifs is 4. The summed E-state index contributed by atoms with van der Waals surface area (Å²) in [5.41, 5.74) is 1.90. The molecule has 3 saturated heterocycles. The molecule has 7 nitrogen and oxygen atoms in total. The van der Waals surface area contributed by atoms with Crippen molar-refractivity contribution in [3.05, 3.63) is 147 Å². The number of piperidine rings is 3. The molecule has 3 N–H and O–H groups in total. The van der Waals surface area contributed by atoms with Gasteiger partial charge in [-0.15, -0.1) is 6.58 Å². The molecule has 7 atom stereocenters. The van der Waals surface area contributed by atoms with Crippen LogP contribution in [0.5, 0.6) is 5.75 Å². The molecule has 3 aliphatic heterocycles. The van der Waals surface area contributed by atoms with Crippen LogP contribution in [-0.4, -0.2) is 36.2 Å². The third kappa shape index (κ3) is 5.40. The first kappa shape index (κ1) is 30.0. The maximum atomic E-state index is 13.4. The van der Waals surface area contributed by atoms with Crippen LogP contribution >= 0.6 is 0 Å². The predicted octanol–water partition coefficient (Wildman–Crippen LogP) is 6.38. The second-order valence-electron chi connectivity index (χ2n) is 12.6. The molecule has 3 heterocycles. The van der Waals surface area contributed by atoms with E-state index in [2.05, 4.69) is 46.4 Å². The molecule has 0 amide bonds. The van der Waals surface area contributed by atoms with E-state index in [1.165, 1.54) is 0 Å². The lowest BCUT2D eigenvalue weighted by atomic mass is 9.72. The molecule has 7 heteroatoms. The van der Waals surface area contributed by atoms with Gasteiger partial charge in [0.2, 0.25) is 0 Å². The van der Waals surface area contributed by atoms with Crippen LogP contribution in [0.25, 0.3) is 10.8 Å². The van der Waals surface area contributed by atoms with Crippen LogP contribution in [0.2, 0.25) is 0 Å². The number of rotatable bonds is 11. The fourth-order valence-corrected chi connectivity index (χ4v) is 7.60. The lowest BCUT2D eigenvalue weighted by Gasteiger charge is -2.52. The molecule has 46 heavy (non-hydrogen) atoms. The first-order valence-electron chi connectivity index (χ1n) is 16.0. The van der Waals surface area contributed by atoms with Gasteiger partial charge in [-0.3, -0.25) is 14.5 Å². The maximum Gasteiger partial charge on any atom is 0.253 e. The van der Waals surface area contributed by atoms with Crippen LogP contribution < -0.4 is 26.2 Å². The monoisotopic (exact) mass is 613 g/mol. The average Bonchev–Trinajstić information content (AvgIpc) is 3.13. The van der Waals surface area contributed by atoms with Crippen LogP contribution in [0, 0.1) is 11.8 Å². The quantitative estimate of drug-likeness (QED) is 0.118. The summed E-state index contributed by atoms with van der Waals surface area (Å²) >= 11 is 0. The van der Waals surface area contributed by atoms with Gasteiger partial charge in [0.15, 0.2) is 0 Å². The minimum Gasteiger partial charge on any atom is -0.497 e. The Morgan fingerprint density at radius 3 is 2.24 bits per heavy atom. The van der Waals surface area contributed by atoms with Crippen molar-refractivity contribution in [3.63, 3.8) is 0 Å². The van der Waals surface area contributed by atoms with Crippen molar-refractivity contribution in [3.8, 4) is 5.75 Å². The molecule has 4 unspecified atom stereocenters. The topological polar surface area (TPSA) is 90.9 Å². The summed E-state index contributed by atoms with van der Waals surface area (Å²) in [5, 5.41) is 20.6. The fourth-order valence-electron chi connectivity index (χ4n) is 7.60. The lowest BCUT2D eigenvalue weighted by Crippen LogP contribution is -2.56. The zero-order chi connectivity index (χ0) is 31.8. The van der Waals surface area contributed by atoms with E-state index in [0.717, 1.165) is 53.6 Å². The van der Waals surface area contributed by atoms with Crippen molar-refractivity contribution in [2.24, 2.45) is 11.8 Å². The van der Waals surface area contributed by atoms with Crippen LogP contribution in [0.3, 0.4) is 0 Å². The minimum absolute atomic E-state index is 0.101. The van der Waals surface area contributed by atoms with Gasteiger partial charge < -0.3 is 20.5 Å². The van der Waals surface area contributed by atoms with Gasteiger partial charge in [0.25, 0.3) is 10.9 Å². The Balaban J connectivity index is 1.29. The number of ether oxygens (including phenoxy) is 1. The molecule has 234 valence electrons. The number of hydrogen-bond donors (Lipinski definition) is 3. The SMILES string of the molecule is C=CC1CN2CCC1CC2[C@@H](Nc1c(N[C@H](c2ccccc2)[C@@H](O)c2ccccc2)c(=O)c1=O)c1cccc2ccc(OC)cc12. The van der Waals surface area contributed by atoms with E-state index < -0.39 is 23.0 Å². The zero-order valence-corrected chi connectivity index (χ0v) is 25.9. The van der Waals surface area contributed by atoms with Gasteiger partial charge in [0.1, 0.15) is 23.2 Å². The number of nitrogens with one attached hydrogen (secondary N) is 2. The molecule has 0 saturated carbocycles. The normalized spacial score (nSPS) is 22.7. The summed E-state index contributed by atoms with van der Waals surface area (Å²) in [5.74, 6) is 1.70. The highest BCUT2D eigenvalue weighted by Crippen LogP contribution is 2.44. The summed E-state index contributed by atoms with van der Waals surface area (Å²) in [6, 6.07) is 30.4. The molecular weight excluding hydrogens is 574 g/mol. The molecule has 0 radical (unpaired) electrons. The molecule has 3 fully saturated rings. The van der Waals surface area contributed by atoms with Crippen molar-refractivity contribution >= 4 is 22.1 Å². The van der Waals surface area contributed by atoms with Crippen molar-refractivity contribution in [1.29, 1.82) is 0 Å². The van der Waals surface area contributed by atoms with E-state index >= 15 is 0 Å². The molecule has 2 bridgehead atoms. The van der Waals surface area contributed by atoms with Gasteiger partial charge in [0.05, 0.1) is 19.2 Å². The highest BCUT2D eigenvalue weighted by Gasteiger charge is 2.43. The Morgan fingerprint density at radius 2 is 1.59 bits per heavy atom. The van der Waals surface area contributed by atoms with Gasteiger partial charge in [-0.25, -0.2) is 0 Å². The van der Waals surface area contributed by atoms with E-state index in [0.29, 0.717) is 17.4 Å². The summed E-state index contributed by atoms with van der Waals surface area (Å²) in [6.45, 7) is 6.00. The van der Waals surface area contributed by atoms with Gasteiger partial charge in [-0.2, -0.15) is 0 Å². The Morgan fingerprint density at radius 1 is 0.891 bits per heavy atom. The van der Waals surface area contributed by atoms with Gasteiger partial charge in [-0.05, 0) is 70.8 Å². The highest BCUT2D eigenvalue weighted by molar-refractivity contribution is 5.88. The van der Waals surface area contributed by atoms with Gasteiger partial charge in [0, 0.05) is 12.6 Å². The van der Waals surface area contributed by atoms with Crippen LogP contribution in [0.1, 0.15) is 47.7 Å². The maximum absolute atomic E-state index is 13.4. The van der Waals surface area contributed by atoms with Crippen LogP contribution in [0.15, 0.2) is 119 Å². The van der Waals surface area contributed by atoms with E-state index in [-0.39, 0.29) is 23.5 Å². The van der Waals surface area contributed by atoms with Crippen molar-refractivity contribution in [1.82, 2.24) is 4.90 Å². The molecule has 0 spiro atoms. The first-order valence-corrected chi connectivity index (χ1v) is 16.0. The van der Waals surface area contributed by atoms with Gasteiger partial charge >= 0.3 is 0 Å². The Bertz CT molecular complexity index is 1920. The molecule has 0 aromatic heterocycles. The number of aliphatic hydroxyl groups is 1. The van der Waals surface area contributed by atoms with Crippen molar-refractivity contribution in [2.75, 3.05) is 30.8 Å². The van der Waals surface area contributed by atoms with Crippen molar-refractivity contribution < 1.29 is 9.84 Å². The largest absolute Gasteiger partial charge is 0.497 e. The number of aliphatic hydroxyl groups excluding tert-OH is 1. The summed E-state index contributed by atoms with van der Waals surface area (Å²) < 4.78 is 5.60. The van der Waals surface area contributed by atoms with E-state index in [9.17, 15) is 14.7 Å². The van der Waals surface area contributed by atoms with Crippen LogP contribution in [-0.2, 0) is 0 Å². The Kier molecular flexibility index (Phi) is 8.20. The van der Waals surface area contributed by atoms with E-state index in [4.69, 9.17) is 4.74 Å². The molecule has 8 rings (SSSR count). The molecule has 0 aliphatic carbocycles. The molecule has 5 aromatic rings. The van der Waals surface area contributed by atoms with E-state index in [1.54, 1.807) is 7.11 Å². The summed E-state index contributed by atoms with van der Waals surface area (Å²) in [7, 11) is 1.66. The molecule has 3 aliphatic rings. The van der Waals surface area contributed by atoms with Crippen molar-refractivity contribution in [2.45, 2.75) is 37.1 Å². The number of nitrogens with zero attached hydrogens (tertiary/aromatic N) is 1. The number of methoxy groups -OCH3 is 1.